The third kappa shape index (κ3) is 5.96. The van der Waals surface area contributed by atoms with Crippen molar-refractivity contribution in [3.63, 3.8) is 0 Å². The third-order valence-electron chi connectivity index (χ3n) is 4.73. The number of hydrogen-bond acceptors (Lipinski definition) is 3. The molecule has 2 aromatic carbocycles. The molecular weight excluding hydrogens is 362 g/mol. The fourth-order valence-electron chi connectivity index (χ4n) is 3.13. The number of nitrogens with one attached hydrogen (secondary N) is 1. The minimum absolute atomic E-state index is 0.0916. The zero-order chi connectivity index (χ0) is 19.1. The van der Waals surface area contributed by atoms with Gasteiger partial charge in [-0.05, 0) is 28.8 Å². The first kappa shape index (κ1) is 19.7. The molecule has 5 nitrogen and oxygen atoms in total. The summed E-state index contributed by atoms with van der Waals surface area (Å²) >= 11 is 5.91. The van der Waals surface area contributed by atoms with Gasteiger partial charge in [-0.25, -0.2) is 4.79 Å². The summed E-state index contributed by atoms with van der Waals surface area (Å²) in [5.74, 6) is 0. The SMILES string of the molecule is CN(Cc1ccc(Cl)cc1)C(=O)NCc1ccccc1CN1CCOCC1. The number of urea groups is 1. The number of rotatable bonds is 6. The van der Waals surface area contributed by atoms with Crippen LogP contribution in [0.2, 0.25) is 5.02 Å². The highest BCUT2D eigenvalue weighted by atomic mass is 35.5. The molecule has 3 rings (SSSR count). The Balaban J connectivity index is 1.54. The van der Waals surface area contributed by atoms with Crippen molar-refractivity contribution in [1.29, 1.82) is 0 Å². The quantitative estimate of drug-likeness (QED) is 0.824. The monoisotopic (exact) mass is 387 g/mol. The first-order valence-electron chi connectivity index (χ1n) is 9.22. The number of morpholine rings is 1. The molecule has 0 radical (unpaired) electrons. The standard InChI is InChI=1S/C21H26ClN3O2/c1-24(15-17-6-8-20(22)9-7-17)21(26)23-14-18-4-2-3-5-19(18)16-25-10-12-27-13-11-25/h2-9H,10-16H2,1H3,(H,23,26). The summed E-state index contributed by atoms with van der Waals surface area (Å²) in [5, 5.41) is 3.72. The molecule has 2 aromatic rings. The van der Waals surface area contributed by atoms with Gasteiger partial charge in [-0.1, -0.05) is 48.0 Å². The fourth-order valence-corrected chi connectivity index (χ4v) is 3.25. The number of nitrogens with zero attached hydrogens (tertiary/aromatic N) is 2. The summed E-state index contributed by atoms with van der Waals surface area (Å²) < 4.78 is 5.42. The van der Waals surface area contributed by atoms with Gasteiger partial charge < -0.3 is 15.0 Å². The van der Waals surface area contributed by atoms with Gasteiger partial charge in [0, 0.05) is 44.8 Å². The van der Waals surface area contributed by atoms with E-state index in [4.69, 9.17) is 16.3 Å². The number of hydrogen-bond donors (Lipinski definition) is 1. The van der Waals surface area contributed by atoms with E-state index in [1.54, 1.807) is 11.9 Å². The Morgan fingerprint density at radius 1 is 1.11 bits per heavy atom. The second-order valence-corrected chi connectivity index (χ2v) is 7.23. The van der Waals surface area contributed by atoms with E-state index in [9.17, 15) is 4.79 Å². The summed E-state index contributed by atoms with van der Waals surface area (Å²) in [7, 11) is 1.80. The number of carbonyl (C=O) groups is 1. The van der Waals surface area contributed by atoms with Crippen LogP contribution >= 0.6 is 11.6 Å². The van der Waals surface area contributed by atoms with E-state index in [0.717, 1.165) is 44.0 Å². The Morgan fingerprint density at radius 3 is 2.48 bits per heavy atom. The van der Waals surface area contributed by atoms with Crippen molar-refractivity contribution in [3.8, 4) is 0 Å². The van der Waals surface area contributed by atoms with Crippen LogP contribution in [0.25, 0.3) is 0 Å². The summed E-state index contributed by atoms with van der Waals surface area (Å²) in [6.45, 7) is 5.41. The summed E-state index contributed by atoms with van der Waals surface area (Å²) in [4.78, 5) is 16.5. The normalized spacial score (nSPS) is 14.7. The topological polar surface area (TPSA) is 44.8 Å². The first-order chi connectivity index (χ1) is 13.1. The van der Waals surface area contributed by atoms with Crippen LogP contribution in [0.3, 0.4) is 0 Å². The van der Waals surface area contributed by atoms with E-state index in [0.29, 0.717) is 18.1 Å². The molecule has 2 amide bonds. The largest absolute Gasteiger partial charge is 0.379 e. The molecule has 0 aliphatic carbocycles. The van der Waals surface area contributed by atoms with E-state index in [2.05, 4.69) is 22.3 Å². The van der Waals surface area contributed by atoms with Crippen LogP contribution in [0, 0.1) is 0 Å². The Morgan fingerprint density at radius 2 is 1.78 bits per heavy atom. The maximum absolute atomic E-state index is 12.5. The molecule has 6 heteroatoms. The molecule has 0 spiro atoms. The molecule has 0 bridgehead atoms. The van der Waals surface area contributed by atoms with Crippen molar-refractivity contribution in [2.75, 3.05) is 33.4 Å². The number of ether oxygens (including phenoxy) is 1. The molecule has 1 saturated heterocycles. The second-order valence-electron chi connectivity index (χ2n) is 6.80. The zero-order valence-electron chi connectivity index (χ0n) is 15.7. The van der Waals surface area contributed by atoms with Crippen molar-refractivity contribution >= 4 is 17.6 Å². The van der Waals surface area contributed by atoms with Crippen molar-refractivity contribution < 1.29 is 9.53 Å². The molecule has 1 fully saturated rings. The van der Waals surface area contributed by atoms with Gasteiger partial charge in [0.05, 0.1) is 13.2 Å². The predicted molar refractivity (Wildman–Crippen MR) is 108 cm³/mol. The van der Waals surface area contributed by atoms with E-state index >= 15 is 0 Å². The smallest absolute Gasteiger partial charge is 0.317 e. The average molecular weight is 388 g/mol. The Kier molecular flexibility index (Phi) is 7.10. The van der Waals surface area contributed by atoms with Gasteiger partial charge in [0.15, 0.2) is 0 Å². The number of halogens is 1. The molecule has 0 atom stereocenters. The molecular formula is C21H26ClN3O2. The minimum Gasteiger partial charge on any atom is -0.379 e. The highest BCUT2D eigenvalue weighted by Crippen LogP contribution is 2.14. The van der Waals surface area contributed by atoms with Gasteiger partial charge in [0.25, 0.3) is 0 Å². The molecule has 0 saturated carbocycles. The molecule has 1 aliphatic heterocycles. The van der Waals surface area contributed by atoms with E-state index < -0.39 is 0 Å². The molecule has 144 valence electrons. The minimum atomic E-state index is -0.0916. The fraction of sp³-hybridized carbons (Fsp3) is 0.381. The van der Waals surface area contributed by atoms with Crippen LogP contribution in [0.4, 0.5) is 4.79 Å². The predicted octanol–water partition coefficient (Wildman–Crippen LogP) is 3.51. The Labute approximate surface area is 165 Å². The lowest BCUT2D eigenvalue weighted by Gasteiger charge is -2.27. The van der Waals surface area contributed by atoms with E-state index in [-0.39, 0.29) is 6.03 Å². The Bertz CT molecular complexity index is 745. The average Bonchev–Trinajstić information content (AvgIpc) is 2.69. The van der Waals surface area contributed by atoms with Crippen LogP contribution in [-0.2, 0) is 24.4 Å². The maximum Gasteiger partial charge on any atom is 0.317 e. The van der Waals surface area contributed by atoms with Gasteiger partial charge in [0.2, 0.25) is 0 Å². The molecule has 1 N–H and O–H groups in total. The van der Waals surface area contributed by atoms with Gasteiger partial charge >= 0.3 is 6.03 Å². The maximum atomic E-state index is 12.5. The molecule has 0 aromatic heterocycles. The van der Waals surface area contributed by atoms with Crippen LogP contribution in [-0.4, -0.2) is 49.2 Å². The lowest BCUT2D eigenvalue weighted by atomic mass is 10.1. The number of benzene rings is 2. The summed E-state index contributed by atoms with van der Waals surface area (Å²) in [6, 6.07) is 15.7. The van der Waals surface area contributed by atoms with Crippen LogP contribution in [0.1, 0.15) is 16.7 Å². The van der Waals surface area contributed by atoms with Gasteiger partial charge in [-0.3, -0.25) is 4.90 Å². The molecule has 27 heavy (non-hydrogen) atoms. The van der Waals surface area contributed by atoms with E-state index in [1.807, 2.05) is 36.4 Å². The lowest BCUT2D eigenvalue weighted by molar-refractivity contribution is 0.0341. The Hall–Kier alpha value is -2.08. The highest BCUT2D eigenvalue weighted by Gasteiger charge is 2.14. The first-order valence-corrected chi connectivity index (χ1v) is 9.60. The van der Waals surface area contributed by atoms with Gasteiger partial charge in [0.1, 0.15) is 0 Å². The molecule has 1 aliphatic rings. The second kappa shape index (κ2) is 9.74. The van der Waals surface area contributed by atoms with Crippen molar-refractivity contribution in [3.05, 3.63) is 70.2 Å². The third-order valence-corrected chi connectivity index (χ3v) is 4.98. The van der Waals surface area contributed by atoms with Crippen molar-refractivity contribution in [2.45, 2.75) is 19.6 Å². The lowest BCUT2D eigenvalue weighted by Crippen LogP contribution is -2.37. The van der Waals surface area contributed by atoms with Crippen molar-refractivity contribution in [1.82, 2.24) is 15.1 Å². The van der Waals surface area contributed by atoms with E-state index in [1.165, 1.54) is 5.56 Å². The van der Waals surface area contributed by atoms with Crippen molar-refractivity contribution in [2.24, 2.45) is 0 Å². The zero-order valence-corrected chi connectivity index (χ0v) is 16.4. The molecule has 1 heterocycles. The summed E-state index contributed by atoms with van der Waals surface area (Å²) in [6.07, 6.45) is 0. The van der Waals surface area contributed by atoms with Crippen LogP contribution in [0.15, 0.2) is 48.5 Å². The van der Waals surface area contributed by atoms with Crippen LogP contribution in [0.5, 0.6) is 0 Å². The summed E-state index contributed by atoms with van der Waals surface area (Å²) in [5.41, 5.74) is 3.45. The number of carbonyl (C=O) groups excluding carboxylic acids is 1. The molecule has 0 unspecified atom stereocenters. The van der Waals surface area contributed by atoms with Crippen LogP contribution < -0.4 is 5.32 Å². The number of amides is 2. The van der Waals surface area contributed by atoms with Gasteiger partial charge in [-0.2, -0.15) is 0 Å². The highest BCUT2D eigenvalue weighted by molar-refractivity contribution is 6.30. The van der Waals surface area contributed by atoms with Gasteiger partial charge in [-0.15, -0.1) is 0 Å².